The van der Waals surface area contributed by atoms with Gasteiger partial charge in [0.1, 0.15) is 0 Å². The van der Waals surface area contributed by atoms with Gasteiger partial charge in [0.2, 0.25) is 0 Å². The molecule has 1 aromatic rings. The van der Waals surface area contributed by atoms with Gasteiger partial charge in [0.25, 0.3) is 0 Å². The predicted molar refractivity (Wildman–Crippen MR) is 41.0 cm³/mol. The van der Waals surface area contributed by atoms with E-state index in [-0.39, 0.29) is 21.7 Å². The van der Waals surface area contributed by atoms with Gasteiger partial charge in [-0.3, -0.25) is 0 Å². The maximum absolute atomic E-state index is 2.24. The Bertz CT molecular complexity index is 198. The first kappa shape index (κ1) is 10.1. The van der Waals surface area contributed by atoms with Gasteiger partial charge >= 0.3 is 21.7 Å². The molecule has 0 unspecified atom stereocenters. The Morgan fingerprint density at radius 3 is 1.20 bits per heavy atom. The van der Waals surface area contributed by atoms with Crippen molar-refractivity contribution in [2.24, 2.45) is 0 Å². The summed E-state index contributed by atoms with van der Waals surface area (Å²) in [7, 11) is 0. The molecule has 0 aliphatic carbocycles. The molecule has 0 saturated carbocycles. The average Bonchev–Trinajstić information content (AvgIpc) is 1.98. The largest absolute Gasteiger partial charge is 4.00 e. The standard InChI is InChI=1S/C9H13.Ti/c1-6-5-7(2)9(4)8(6)3;/h5H,1-4H3;/q-1;+4. The molecule has 0 atom stereocenters. The van der Waals surface area contributed by atoms with Crippen molar-refractivity contribution in [2.75, 3.05) is 0 Å². The van der Waals surface area contributed by atoms with Crippen LogP contribution in [-0.2, 0) is 21.7 Å². The molecule has 0 spiro atoms. The molecule has 0 nitrogen and oxygen atoms in total. The van der Waals surface area contributed by atoms with Crippen LogP contribution in [0.25, 0.3) is 0 Å². The molecule has 1 rings (SSSR count). The number of hydrogen-bond donors (Lipinski definition) is 0. The monoisotopic (exact) mass is 169 g/mol. The van der Waals surface area contributed by atoms with Gasteiger partial charge in [0.05, 0.1) is 0 Å². The summed E-state index contributed by atoms with van der Waals surface area (Å²) >= 11 is 0. The molecule has 0 heterocycles. The zero-order valence-corrected chi connectivity index (χ0v) is 8.64. The van der Waals surface area contributed by atoms with Gasteiger partial charge in [-0.15, -0.1) is 0 Å². The van der Waals surface area contributed by atoms with Crippen LogP contribution in [-0.4, -0.2) is 0 Å². The van der Waals surface area contributed by atoms with Crippen LogP contribution >= 0.6 is 0 Å². The molecule has 0 fully saturated rings. The van der Waals surface area contributed by atoms with Crippen LogP contribution < -0.4 is 0 Å². The Morgan fingerprint density at radius 2 is 1.10 bits per heavy atom. The van der Waals surface area contributed by atoms with Crippen molar-refractivity contribution >= 4 is 0 Å². The van der Waals surface area contributed by atoms with Crippen LogP contribution in [0.3, 0.4) is 0 Å². The van der Waals surface area contributed by atoms with E-state index in [2.05, 4.69) is 33.8 Å². The molecule has 0 saturated heterocycles. The van der Waals surface area contributed by atoms with E-state index >= 15 is 0 Å². The predicted octanol–water partition coefficient (Wildman–Crippen LogP) is 2.64. The minimum absolute atomic E-state index is 0. The first-order valence-corrected chi connectivity index (χ1v) is 3.33. The maximum Gasteiger partial charge on any atom is 4.00 e. The van der Waals surface area contributed by atoms with Gasteiger partial charge in [0.15, 0.2) is 0 Å². The second-order valence-corrected chi connectivity index (χ2v) is 2.76. The Balaban J connectivity index is 0.000000810. The normalized spacial score (nSPS) is 9.20. The fraction of sp³-hybridized carbons (Fsp3) is 0.444. The van der Waals surface area contributed by atoms with Crippen molar-refractivity contribution in [1.29, 1.82) is 0 Å². The van der Waals surface area contributed by atoms with E-state index in [1.165, 1.54) is 22.3 Å². The Hall–Kier alpha value is 0.0643. The third kappa shape index (κ3) is 1.56. The summed E-state index contributed by atoms with van der Waals surface area (Å²) in [6.07, 6.45) is 0. The topological polar surface area (TPSA) is 0 Å². The van der Waals surface area contributed by atoms with Crippen LogP contribution in [0.1, 0.15) is 22.3 Å². The van der Waals surface area contributed by atoms with E-state index < -0.39 is 0 Å². The van der Waals surface area contributed by atoms with E-state index in [1.807, 2.05) is 0 Å². The first-order valence-electron chi connectivity index (χ1n) is 3.33. The maximum atomic E-state index is 2.24. The molecule has 1 aromatic carbocycles. The minimum Gasteiger partial charge on any atom is -0.196 e. The Morgan fingerprint density at radius 1 is 0.800 bits per heavy atom. The molecule has 0 N–H and O–H groups in total. The molecule has 0 aliphatic heterocycles. The van der Waals surface area contributed by atoms with Crippen molar-refractivity contribution in [3.8, 4) is 0 Å². The zero-order chi connectivity index (χ0) is 7.02. The van der Waals surface area contributed by atoms with Crippen LogP contribution in [0.15, 0.2) is 6.07 Å². The summed E-state index contributed by atoms with van der Waals surface area (Å²) in [4.78, 5) is 0. The Kier molecular flexibility index (Phi) is 3.48. The Labute approximate surface area is 77.9 Å². The second-order valence-electron chi connectivity index (χ2n) is 2.76. The second kappa shape index (κ2) is 3.45. The van der Waals surface area contributed by atoms with E-state index in [4.69, 9.17) is 0 Å². The van der Waals surface area contributed by atoms with Gasteiger partial charge < -0.3 is 0 Å². The molecule has 10 heavy (non-hydrogen) atoms. The van der Waals surface area contributed by atoms with E-state index in [0.29, 0.717) is 0 Å². The van der Waals surface area contributed by atoms with Crippen LogP contribution in [0, 0.1) is 27.7 Å². The van der Waals surface area contributed by atoms with Crippen LogP contribution in [0.5, 0.6) is 0 Å². The summed E-state index contributed by atoms with van der Waals surface area (Å²) in [6.45, 7) is 8.68. The SMILES string of the molecule is Cc1[cH-]c(C)c(C)c1C.[Ti+4]. The van der Waals surface area contributed by atoms with Gasteiger partial charge in [-0.2, -0.15) is 28.3 Å². The average molecular weight is 169 g/mol. The van der Waals surface area contributed by atoms with Crippen LogP contribution in [0.4, 0.5) is 0 Å². The van der Waals surface area contributed by atoms with E-state index in [0.717, 1.165) is 0 Å². The van der Waals surface area contributed by atoms with Crippen molar-refractivity contribution < 1.29 is 21.7 Å². The third-order valence-corrected chi connectivity index (χ3v) is 2.18. The number of aryl methyl sites for hydroxylation is 2. The molecule has 0 aromatic heterocycles. The van der Waals surface area contributed by atoms with E-state index in [9.17, 15) is 0 Å². The summed E-state index contributed by atoms with van der Waals surface area (Å²) in [5, 5.41) is 0. The van der Waals surface area contributed by atoms with Gasteiger partial charge in [-0.05, 0) is 0 Å². The molecule has 0 radical (unpaired) electrons. The van der Waals surface area contributed by atoms with Gasteiger partial charge in [0, 0.05) is 0 Å². The summed E-state index contributed by atoms with van der Waals surface area (Å²) in [5.74, 6) is 0. The fourth-order valence-corrected chi connectivity index (χ4v) is 1.13. The van der Waals surface area contributed by atoms with E-state index in [1.54, 1.807) is 0 Å². The fourth-order valence-electron chi connectivity index (χ4n) is 1.13. The smallest absolute Gasteiger partial charge is 0.196 e. The molecule has 0 aliphatic rings. The van der Waals surface area contributed by atoms with Crippen molar-refractivity contribution in [2.45, 2.75) is 27.7 Å². The third-order valence-electron chi connectivity index (χ3n) is 2.18. The molecule has 0 amide bonds. The van der Waals surface area contributed by atoms with Crippen LogP contribution in [0.2, 0.25) is 0 Å². The number of rotatable bonds is 0. The van der Waals surface area contributed by atoms with Crippen molar-refractivity contribution in [1.82, 2.24) is 0 Å². The molecular formula is C9H13Ti+3. The van der Waals surface area contributed by atoms with Gasteiger partial charge in [-0.1, -0.05) is 27.7 Å². The molecular weight excluding hydrogens is 156 g/mol. The molecule has 0 bridgehead atoms. The summed E-state index contributed by atoms with van der Waals surface area (Å²) in [5.41, 5.74) is 5.75. The van der Waals surface area contributed by atoms with Crippen molar-refractivity contribution in [3.63, 3.8) is 0 Å². The molecule has 1 heteroatoms. The number of hydrogen-bond acceptors (Lipinski definition) is 0. The quantitative estimate of drug-likeness (QED) is 0.413. The summed E-state index contributed by atoms with van der Waals surface area (Å²) < 4.78 is 0. The van der Waals surface area contributed by atoms with Crippen molar-refractivity contribution in [3.05, 3.63) is 28.3 Å². The minimum atomic E-state index is 0. The van der Waals surface area contributed by atoms with Gasteiger partial charge in [-0.25, -0.2) is 0 Å². The first-order chi connectivity index (χ1) is 4.13. The molecule has 50 valence electrons. The summed E-state index contributed by atoms with van der Waals surface area (Å²) in [6, 6.07) is 2.24. The zero-order valence-electron chi connectivity index (χ0n) is 7.08.